The molecule has 0 aliphatic rings. The highest BCUT2D eigenvalue weighted by Crippen LogP contribution is 2.26. The minimum Gasteiger partial charge on any atom is -0.491 e. The predicted molar refractivity (Wildman–Crippen MR) is 143 cm³/mol. The lowest BCUT2D eigenvalue weighted by atomic mass is 10.0. The molecule has 1 aromatic heterocycles. The van der Waals surface area contributed by atoms with E-state index in [9.17, 15) is 9.59 Å². The van der Waals surface area contributed by atoms with E-state index in [4.69, 9.17) is 9.84 Å². The molecule has 0 saturated carbocycles. The number of aliphatic carboxylic acids is 1. The van der Waals surface area contributed by atoms with Gasteiger partial charge in [-0.2, -0.15) is 0 Å². The number of allylic oxidation sites excluding steroid dienone is 1. The lowest BCUT2D eigenvalue weighted by Gasteiger charge is -2.11. The largest absolute Gasteiger partial charge is 0.491 e. The fourth-order valence-electron chi connectivity index (χ4n) is 4.02. The minimum absolute atomic E-state index is 0.0378. The average molecular weight is 483 g/mol. The predicted octanol–water partition coefficient (Wildman–Crippen LogP) is 6.28. The van der Waals surface area contributed by atoms with Crippen LogP contribution in [0.1, 0.15) is 36.5 Å². The van der Waals surface area contributed by atoms with Crippen molar-refractivity contribution in [1.82, 2.24) is 4.57 Å². The Morgan fingerprint density at radius 2 is 1.81 bits per heavy atom. The molecule has 0 spiro atoms. The molecule has 1 heterocycles. The number of aromatic nitrogens is 1. The van der Waals surface area contributed by atoms with Crippen LogP contribution in [0.25, 0.3) is 16.5 Å². The van der Waals surface area contributed by atoms with Gasteiger partial charge in [0.25, 0.3) is 0 Å². The Bertz CT molecular complexity index is 1400. The van der Waals surface area contributed by atoms with Crippen LogP contribution in [0.5, 0.6) is 5.75 Å². The van der Waals surface area contributed by atoms with E-state index < -0.39 is 5.97 Å². The van der Waals surface area contributed by atoms with E-state index in [0.29, 0.717) is 17.9 Å². The monoisotopic (exact) mass is 482 g/mol. The lowest BCUT2D eigenvalue weighted by Crippen LogP contribution is -2.11. The van der Waals surface area contributed by atoms with Crippen LogP contribution >= 0.6 is 0 Å². The van der Waals surface area contributed by atoms with E-state index in [2.05, 4.69) is 65.5 Å². The van der Waals surface area contributed by atoms with Crippen LogP contribution in [0.3, 0.4) is 0 Å². The lowest BCUT2D eigenvalue weighted by molar-refractivity contribution is -0.137. The summed E-state index contributed by atoms with van der Waals surface area (Å²) in [6.45, 7) is 5.07. The van der Waals surface area contributed by atoms with E-state index in [1.165, 1.54) is 11.1 Å². The Balaban J connectivity index is 1.43. The van der Waals surface area contributed by atoms with Gasteiger partial charge in [-0.3, -0.25) is 9.59 Å². The van der Waals surface area contributed by atoms with Gasteiger partial charge >= 0.3 is 5.97 Å². The van der Waals surface area contributed by atoms with Crippen LogP contribution in [-0.4, -0.2) is 28.2 Å². The van der Waals surface area contributed by atoms with Gasteiger partial charge in [0, 0.05) is 36.1 Å². The third-order valence-corrected chi connectivity index (χ3v) is 5.98. The van der Waals surface area contributed by atoms with Crippen LogP contribution in [0, 0.1) is 6.92 Å². The Hall–Kier alpha value is -4.32. The number of carboxylic acid groups (broad SMARTS) is 1. The molecule has 4 aromatic rings. The second-order valence-corrected chi connectivity index (χ2v) is 8.86. The van der Waals surface area contributed by atoms with E-state index >= 15 is 0 Å². The number of hydrogen-bond acceptors (Lipinski definition) is 3. The molecule has 0 atom stereocenters. The van der Waals surface area contributed by atoms with Crippen molar-refractivity contribution in [2.45, 2.75) is 33.2 Å². The molecule has 0 bridgehead atoms. The quantitative estimate of drug-likeness (QED) is 0.206. The molecule has 3 aromatic carbocycles. The first kappa shape index (κ1) is 24.8. The molecule has 4 rings (SSSR count). The summed E-state index contributed by atoms with van der Waals surface area (Å²) >= 11 is 0. The SMILES string of the molecule is C/C(=C\C(=O)Nc1ccccc1OCCCC(=O)O)c1ccc2c(ccn2Cc2ccc(C)cc2)c1. The van der Waals surface area contributed by atoms with Gasteiger partial charge in [-0.15, -0.1) is 0 Å². The highest BCUT2D eigenvalue weighted by Gasteiger charge is 2.09. The topological polar surface area (TPSA) is 80.6 Å². The first-order valence-corrected chi connectivity index (χ1v) is 12.0. The summed E-state index contributed by atoms with van der Waals surface area (Å²) in [5, 5.41) is 12.8. The van der Waals surface area contributed by atoms with Crippen molar-refractivity contribution in [2.75, 3.05) is 11.9 Å². The summed E-state index contributed by atoms with van der Waals surface area (Å²) in [6, 6.07) is 24.0. The van der Waals surface area contributed by atoms with Crippen LogP contribution < -0.4 is 10.1 Å². The number of hydrogen-bond donors (Lipinski definition) is 2. The Labute approximate surface area is 210 Å². The number of aryl methyl sites for hydroxylation is 1. The summed E-state index contributed by atoms with van der Waals surface area (Å²) in [6.07, 6.45) is 4.10. The number of carbonyl (C=O) groups is 2. The van der Waals surface area contributed by atoms with Crippen molar-refractivity contribution in [3.8, 4) is 5.75 Å². The molecule has 2 N–H and O–H groups in total. The van der Waals surface area contributed by atoms with Gasteiger partial charge < -0.3 is 19.7 Å². The number of carboxylic acids is 1. The first-order chi connectivity index (χ1) is 17.4. The molecule has 184 valence electrons. The van der Waals surface area contributed by atoms with Crippen molar-refractivity contribution < 1.29 is 19.4 Å². The summed E-state index contributed by atoms with van der Waals surface area (Å²) in [7, 11) is 0. The maximum atomic E-state index is 12.7. The number of rotatable bonds is 10. The van der Waals surface area contributed by atoms with Crippen molar-refractivity contribution in [3.05, 3.63) is 102 Å². The molecule has 0 aliphatic carbocycles. The second kappa shape index (κ2) is 11.4. The molecule has 0 radical (unpaired) electrons. The normalized spacial score (nSPS) is 11.4. The maximum absolute atomic E-state index is 12.7. The Morgan fingerprint density at radius 3 is 2.58 bits per heavy atom. The zero-order valence-electron chi connectivity index (χ0n) is 20.5. The molecule has 0 aliphatic heterocycles. The third-order valence-electron chi connectivity index (χ3n) is 5.98. The van der Waals surface area contributed by atoms with Gasteiger partial charge in [-0.25, -0.2) is 0 Å². The number of para-hydroxylation sites is 2. The summed E-state index contributed by atoms with van der Waals surface area (Å²) in [5.41, 5.74) is 6.01. The van der Waals surface area contributed by atoms with Gasteiger partial charge in [-0.1, -0.05) is 48.0 Å². The fourth-order valence-corrected chi connectivity index (χ4v) is 4.02. The van der Waals surface area contributed by atoms with Gasteiger partial charge in [0.2, 0.25) is 5.91 Å². The fraction of sp³-hybridized carbons (Fsp3) is 0.200. The van der Waals surface area contributed by atoms with Crippen LogP contribution in [0.2, 0.25) is 0 Å². The minimum atomic E-state index is -0.859. The van der Waals surface area contributed by atoms with Crippen LogP contribution in [-0.2, 0) is 16.1 Å². The summed E-state index contributed by atoms with van der Waals surface area (Å²) in [5.74, 6) is -0.605. The molecular formula is C30H30N2O4. The van der Waals surface area contributed by atoms with Crippen LogP contribution in [0.4, 0.5) is 5.69 Å². The van der Waals surface area contributed by atoms with E-state index in [1.54, 1.807) is 18.2 Å². The molecule has 0 unspecified atom stereocenters. The van der Waals surface area contributed by atoms with E-state index in [0.717, 1.165) is 28.6 Å². The number of nitrogens with one attached hydrogen (secondary N) is 1. The first-order valence-electron chi connectivity index (χ1n) is 12.0. The molecule has 0 saturated heterocycles. The molecule has 6 nitrogen and oxygen atoms in total. The van der Waals surface area contributed by atoms with Gasteiger partial charge in [0.1, 0.15) is 5.75 Å². The summed E-state index contributed by atoms with van der Waals surface area (Å²) in [4.78, 5) is 23.4. The van der Waals surface area contributed by atoms with Crippen molar-refractivity contribution in [3.63, 3.8) is 0 Å². The zero-order valence-corrected chi connectivity index (χ0v) is 20.5. The number of benzene rings is 3. The smallest absolute Gasteiger partial charge is 0.303 e. The van der Waals surface area contributed by atoms with Crippen LogP contribution in [0.15, 0.2) is 85.1 Å². The van der Waals surface area contributed by atoms with Crippen molar-refractivity contribution >= 4 is 34.0 Å². The van der Waals surface area contributed by atoms with Gasteiger partial charge in [0.15, 0.2) is 0 Å². The Kier molecular flexibility index (Phi) is 7.85. The Morgan fingerprint density at radius 1 is 1.03 bits per heavy atom. The third kappa shape index (κ3) is 6.42. The average Bonchev–Trinajstić information content (AvgIpc) is 3.26. The number of fused-ring (bicyclic) bond motifs is 1. The molecule has 0 fully saturated rings. The maximum Gasteiger partial charge on any atom is 0.303 e. The summed E-state index contributed by atoms with van der Waals surface area (Å²) < 4.78 is 7.90. The highest BCUT2D eigenvalue weighted by molar-refractivity contribution is 6.04. The number of anilines is 1. The molecule has 36 heavy (non-hydrogen) atoms. The molecule has 1 amide bonds. The highest BCUT2D eigenvalue weighted by atomic mass is 16.5. The number of ether oxygens (including phenoxy) is 1. The van der Waals surface area contributed by atoms with E-state index in [-0.39, 0.29) is 18.9 Å². The number of nitrogens with zero attached hydrogens (tertiary/aromatic N) is 1. The number of amides is 1. The molecule has 6 heteroatoms. The van der Waals surface area contributed by atoms with Crippen molar-refractivity contribution in [2.24, 2.45) is 0 Å². The molecular weight excluding hydrogens is 452 g/mol. The second-order valence-electron chi connectivity index (χ2n) is 8.86. The van der Waals surface area contributed by atoms with Gasteiger partial charge in [0.05, 0.1) is 12.3 Å². The standard InChI is InChI=1S/C30H30N2O4/c1-21-9-11-23(12-10-21)20-32-16-15-25-19-24(13-14-27(25)32)22(2)18-29(33)31-26-6-3-4-7-28(26)36-17-5-8-30(34)35/h3-4,6-7,9-16,18-19H,5,8,17,20H2,1-2H3,(H,31,33)(H,34,35)/b22-18+. The van der Waals surface area contributed by atoms with Crippen molar-refractivity contribution in [1.29, 1.82) is 0 Å². The van der Waals surface area contributed by atoms with E-state index in [1.807, 2.05) is 25.1 Å². The number of carbonyl (C=O) groups excluding carboxylic acids is 1. The van der Waals surface area contributed by atoms with Gasteiger partial charge in [-0.05, 0) is 67.3 Å². The zero-order chi connectivity index (χ0) is 25.5.